The minimum Gasteiger partial charge on any atom is -0.756 e. The molecule has 9 heteroatoms. The zero-order chi connectivity index (χ0) is 64.8. The van der Waals surface area contributed by atoms with E-state index in [0.29, 0.717) is 17.4 Å². The summed E-state index contributed by atoms with van der Waals surface area (Å²) in [5, 5.41) is 14.0. The molecule has 0 radical (unpaired) electrons. The van der Waals surface area contributed by atoms with E-state index in [-0.39, 0.29) is 19.1 Å². The highest BCUT2D eigenvalue weighted by atomic mass is 31.2. The van der Waals surface area contributed by atoms with Gasteiger partial charge in [-0.05, 0) is 77.0 Å². The molecule has 0 saturated heterocycles. The molecule has 0 saturated carbocycles. The Morgan fingerprint density at radius 1 is 0.404 bits per heavy atom. The van der Waals surface area contributed by atoms with Crippen molar-refractivity contribution >= 4 is 13.7 Å². The van der Waals surface area contributed by atoms with Gasteiger partial charge in [0.25, 0.3) is 7.82 Å². The first-order valence-corrected chi connectivity index (χ1v) is 39.6. The summed E-state index contributed by atoms with van der Waals surface area (Å²) in [6.45, 7) is 4.58. The Morgan fingerprint density at radius 2 is 0.685 bits per heavy atom. The molecule has 1 amide bonds. The maximum absolute atomic E-state index is 13.1. The van der Waals surface area contributed by atoms with Crippen LogP contribution >= 0.6 is 7.82 Å². The lowest BCUT2D eigenvalue weighted by atomic mass is 10.0. The van der Waals surface area contributed by atoms with Crippen molar-refractivity contribution in [3.8, 4) is 0 Å². The second kappa shape index (κ2) is 69.8. The average Bonchev–Trinajstić information content (AvgIpc) is 3.57. The Morgan fingerprint density at radius 3 is 1.00 bits per heavy atom. The third-order valence-corrected chi connectivity index (χ3v) is 18.0. The second-order valence-electron chi connectivity index (χ2n) is 27.0. The van der Waals surface area contributed by atoms with Crippen molar-refractivity contribution in [3.63, 3.8) is 0 Å². The molecular formula is C80H147N2O6P. The van der Waals surface area contributed by atoms with E-state index in [1.807, 2.05) is 27.2 Å². The molecule has 0 aromatic carbocycles. The average molecular weight is 1260 g/mol. The van der Waals surface area contributed by atoms with E-state index in [4.69, 9.17) is 9.05 Å². The fourth-order valence-corrected chi connectivity index (χ4v) is 11.9. The van der Waals surface area contributed by atoms with Crippen LogP contribution in [0.1, 0.15) is 354 Å². The number of quaternary nitrogens is 1. The van der Waals surface area contributed by atoms with Crippen molar-refractivity contribution in [2.24, 2.45) is 0 Å². The van der Waals surface area contributed by atoms with E-state index in [2.05, 4.69) is 104 Å². The van der Waals surface area contributed by atoms with Gasteiger partial charge in [-0.25, -0.2) is 0 Å². The number of aliphatic hydroxyl groups is 1. The van der Waals surface area contributed by atoms with Crippen molar-refractivity contribution in [2.45, 2.75) is 366 Å². The number of allylic oxidation sites excluding steroid dienone is 15. The molecule has 0 aliphatic rings. The number of carbonyl (C=O) groups is 1. The van der Waals surface area contributed by atoms with Crippen molar-refractivity contribution in [1.29, 1.82) is 0 Å². The zero-order valence-corrected chi connectivity index (χ0v) is 60.3. The Kier molecular flexibility index (Phi) is 67.7. The molecule has 3 unspecified atom stereocenters. The molecule has 0 fully saturated rings. The number of hydrogen-bond donors (Lipinski definition) is 2. The molecular weight excluding hydrogens is 1120 g/mol. The molecule has 0 spiro atoms. The number of nitrogens with one attached hydrogen (secondary N) is 1. The van der Waals surface area contributed by atoms with Crippen LogP contribution in [0.3, 0.4) is 0 Å². The fraction of sp³-hybridized carbons (Fsp3) is 0.787. The van der Waals surface area contributed by atoms with E-state index >= 15 is 0 Å². The number of nitrogens with zero attached hydrogens (tertiary/aromatic N) is 1. The number of amides is 1. The number of phosphoric ester groups is 1. The number of unbranched alkanes of at least 4 members (excludes halogenated alkanes) is 43. The van der Waals surface area contributed by atoms with Gasteiger partial charge in [0.1, 0.15) is 13.2 Å². The minimum absolute atomic E-state index is 0.00290. The summed E-state index contributed by atoms with van der Waals surface area (Å²) in [6.07, 6.45) is 101. The summed E-state index contributed by atoms with van der Waals surface area (Å²) in [6, 6.07) is -0.893. The molecule has 89 heavy (non-hydrogen) atoms. The van der Waals surface area contributed by atoms with E-state index in [0.717, 1.165) is 83.5 Å². The lowest BCUT2D eigenvalue weighted by Crippen LogP contribution is -2.45. The van der Waals surface area contributed by atoms with Crippen LogP contribution in [-0.4, -0.2) is 68.5 Å². The number of phosphoric acid groups is 1. The standard InChI is InChI=1S/C80H147N2O6P/c1-6-8-10-12-14-16-18-20-22-24-26-28-30-32-34-36-38-39-40-41-42-43-44-46-48-50-52-54-56-58-60-62-64-66-68-70-72-74-80(84)81-78(77-88-89(85,86)87-76-75-82(3,4)5)79(83)73-71-69-67-65-63-61-59-57-55-53-51-49-47-45-37-35-33-31-29-27-25-23-21-19-17-15-13-11-9-7-2/h8,10,14,16,20,22,26,28,32,34,38-39,41-42,71,73,78-79,83H,6-7,9,11-13,15,17-19,21,23-25,27,29-31,33,35-37,40,43-70,72,74-77H2,1-5H3,(H-,81,84,85,86)/b10-8-,16-14-,22-20-,28-26-,34-32-,39-38-,42-41-,73-71+. The highest BCUT2D eigenvalue weighted by Crippen LogP contribution is 2.38. The lowest BCUT2D eigenvalue weighted by Gasteiger charge is -2.29. The van der Waals surface area contributed by atoms with Crippen LogP contribution in [-0.2, 0) is 18.4 Å². The molecule has 0 aliphatic carbocycles. The van der Waals surface area contributed by atoms with E-state index in [9.17, 15) is 19.4 Å². The van der Waals surface area contributed by atoms with Gasteiger partial charge in [0.2, 0.25) is 5.91 Å². The predicted octanol–water partition coefficient (Wildman–Crippen LogP) is 24.2. The van der Waals surface area contributed by atoms with Gasteiger partial charge in [0, 0.05) is 6.42 Å². The number of likely N-dealkylation sites (N-methyl/N-ethyl adjacent to an activating group) is 1. The Labute approximate surface area is 553 Å². The fourth-order valence-electron chi connectivity index (χ4n) is 11.2. The summed E-state index contributed by atoms with van der Waals surface area (Å²) in [5.74, 6) is -0.195. The normalized spacial score (nSPS) is 14.1. The van der Waals surface area contributed by atoms with E-state index in [1.165, 1.54) is 250 Å². The van der Waals surface area contributed by atoms with Crippen molar-refractivity contribution in [2.75, 3.05) is 40.9 Å². The van der Waals surface area contributed by atoms with Crippen LogP contribution in [0, 0.1) is 0 Å². The third kappa shape index (κ3) is 72.7. The van der Waals surface area contributed by atoms with Crippen LogP contribution in [0.15, 0.2) is 97.2 Å². The summed E-state index contributed by atoms with van der Waals surface area (Å²) in [4.78, 5) is 25.7. The van der Waals surface area contributed by atoms with Gasteiger partial charge in [-0.3, -0.25) is 9.36 Å². The first-order valence-electron chi connectivity index (χ1n) is 38.1. The molecule has 0 rings (SSSR count). The van der Waals surface area contributed by atoms with E-state index < -0.39 is 20.0 Å². The van der Waals surface area contributed by atoms with Gasteiger partial charge < -0.3 is 28.8 Å². The number of carbonyl (C=O) groups excluding carboxylic acids is 1. The monoisotopic (exact) mass is 1260 g/mol. The van der Waals surface area contributed by atoms with Crippen molar-refractivity contribution in [1.82, 2.24) is 5.32 Å². The molecule has 3 atom stereocenters. The van der Waals surface area contributed by atoms with E-state index in [1.54, 1.807) is 6.08 Å². The topological polar surface area (TPSA) is 108 Å². The Hall–Kier alpha value is -2.58. The maximum Gasteiger partial charge on any atom is 0.268 e. The van der Waals surface area contributed by atoms with Crippen LogP contribution in [0.25, 0.3) is 0 Å². The molecule has 0 bridgehead atoms. The van der Waals surface area contributed by atoms with Crippen molar-refractivity contribution in [3.05, 3.63) is 97.2 Å². The smallest absolute Gasteiger partial charge is 0.268 e. The van der Waals surface area contributed by atoms with Gasteiger partial charge in [-0.2, -0.15) is 0 Å². The molecule has 0 aromatic heterocycles. The highest BCUT2D eigenvalue weighted by Gasteiger charge is 2.23. The number of rotatable bonds is 70. The van der Waals surface area contributed by atoms with Gasteiger partial charge in [-0.1, -0.05) is 368 Å². The predicted molar refractivity (Wildman–Crippen MR) is 390 cm³/mol. The summed E-state index contributed by atoms with van der Waals surface area (Å²) < 4.78 is 23.5. The summed E-state index contributed by atoms with van der Waals surface area (Å²) >= 11 is 0. The molecule has 0 aromatic rings. The summed E-state index contributed by atoms with van der Waals surface area (Å²) in [7, 11) is 1.27. The Balaban J connectivity index is 4.03. The molecule has 8 nitrogen and oxygen atoms in total. The number of aliphatic hydroxyl groups excluding tert-OH is 1. The van der Waals surface area contributed by atoms with Gasteiger partial charge in [0.15, 0.2) is 0 Å². The first-order chi connectivity index (χ1) is 43.5. The highest BCUT2D eigenvalue weighted by molar-refractivity contribution is 7.45. The molecule has 518 valence electrons. The quantitative estimate of drug-likeness (QED) is 0.0272. The largest absolute Gasteiger partial charge is 0.756 e. The van der Waals surface area contributed by atoms with Crippen LogP contribution in [0.2, 0.25) is 0 Å². The van der Waals surface area contributed by atoms with Gasteiger partial charge in [-0.15, -0.1) is 0 Å². The third-order valence-electron chi connectivity index (χ3n) is 17.0. The first kappa shape index (κ1) is 86.4. The second-order valence-corrected chi connectivity index (χ2v) is 28.4. The number of hydrogen-bond acceptors (Lipinski definition) is 6. The van der Waals surface area contributed by atoms with Crippen molar-refractivity contribution < 1.29 is 32.9 Å². The Bertz CT molecular complexity index is 1780. The molecule has 2 N–H and O–H groups in total. The zero-order valence-electron chi connectivity index (χ0n) is 59.4. The summed E-state index contributed by atoms with van der Waals surface area (Å²) in [5.41, 5.74) is 0. The van der Waals surface area contributed by atoms with Crippen LogP contribution in [0.5, 0.6) is 0 Å². The van der Waals surface area contributed by atoms with Crippen LogP contribution in [0.4, 0.5) is 0 Å². The maximum atomic E-state index is 13.1. The lowest BCUT2D eigenvalue weighted by molar-refractivity contribution is -0.870. The van der Waals surface area contributed by atoms with Crippen LogP contribution < -0.4 is 10.2 Å². The van der Waals surface area contributed by atoms with Gasteiger partial charge in [0.05, 0.1) is 39.9 Å². The van der Waals surface area contributed by atoms with Gasteiger partial charge >= 0.3 is 0 Å². The SMILES string of the molecule is CC/C=C\C/C=C\C/C=C\C/C=C\C/C=C\C/C=C\C/C=C\CCCCCCCCCCCCCCCCCC(=O)NC(COP(=O)([O-])OCC[N+](C)(C)C)C(O)/C=C/CCCCCCCCCCCCCCCCCCCCCCCCCCCCCC. The molecule has 0 aliphatic heterocycles. The molecule has 0 heterocycles. The minimum atomic E-state index is -4.61.